The second kappa shape index (κ2) is 13.9. The highest BCUT2D eigenvalue weighted by molar-refractivity contribution is 5.44. The van der Waals surface area contributed by atoms with E-state index >= 15 is 0 Å². The monoisotopic (exact) mass is 531 g/mol. The first-order valence-corrected chi connectivity index (χ1v) is 14.1. The van der Waals surface area contributed by atoms with E-state index in [-0.39, 0.29) is 0 Å². The fraction of sp³-hybridized carbons (Fsp3) is 0.438. The van der Waals surface area contributed by atoms with Gasteiger partial charge in [0.25, 0.3) is 0 Å². The average molecular weight is 532 g/mol. The third-order valence-electron chi connectivity index (χ3n) is 7.71. The third kappa shape index (κ3) is 8.03. The minimum atomic E-state index is 0.327. The lowest BCUT2D eigenvalue weighted by atomic mass is 10.0. The number of rotatable bonds is 8. The van der Waals surface area contributed by atoms with Crippen molar-refractivity contribution in [2.45, 2.75) is 53.0 Å². The normalized spacial score (nSPS) is 16.4. The Morgan fingerprint density at radius 1 is 0.590 bits per heavy atom. The van der Waals surface area contributed by atoms with Crippen molar-refractivity contribution in [2.24, 2.45) is 11.5 Å². The van der Waals surface area contributed by atoms with E-state index < -0.39 is 0 Å². The molecule has 4 rings (SSSR count). The molecule has 7 nitrogen and oxygen atoms in total. The van der Waals surface area contributed by atoms with Gasteiger partial charge in [-0.1, -0.05) is 65.7 Å². The number of nitrogens with zero attached hydrogens (tertiary/aromatic N) is 3. The van der Waals surface area contributed by atoms with Crippen molar-refractivity contribution in [2.75, 3.05) is 39.3 Å². The van der Waals surface area contributed by atoms with Gasteiger partial charge in [0.15, 0.2) is 0 Å². The minimum absolute atomic E-state index is 0.327. The Morgan fingerprint density at radius 3 is 1.44 bits per heavy atom. The predicted octanol–water partition coefficient (Wildman–Crippen LogP) is 3.84. The topological polar surface area (TPSA) is 102 Å². The van der Waals surface area contributed by atoms with Gasteiger partial charge in [0.2, 0.25) is 0 Å². The standard InChI is InChI=1S/C32H45N5O2/c1-24-15-27(19-33)31(38)29(17-24)22-35-9-6-10-36(23-30-18-25(2)16-28(20-34)32(30)39)12-14-37(13-11-35)21-26-7-4-3-5-8-26/h3-5,7-8,15-18,38-39H,6,9-14,19-23,33-34H2,1-2H3. The molecule has 0 amide bonds. The van der Waals surface area contributed by atoms with Gasteiger partial charge < -0.3 is 21.7 Å². The van der Waals surface area contributed by atoms with Crippen LogP contribution < -0.4 is 11.5 Å². The lowest BCUT2D eigenvalue weighted by Crippen LogP contribution is -2.42. The Balaban J connectivity index is 1.54. The van der Waals surface area contributed by atoms with E-state index in [1.807, 2.05) is 12.1 Å². The molecule has 1 fully saturated rings. The van der Waals surface area contributed by atoms with Crippen LogP contribution in [0.1, 0.15) is 45.4 Å². The van der Waals surface area contributed by atoms with Gasteiger partial charge in [0.05, 0.1) is 0 Å². The molecule has 0 aromatic heterocycles. The summed E-state index contributed by atoms with van der Waals surface area (Å²) in [4.78, 5) is 7.42. The largest absolute Gasteiger partial charge is 0.507 e. The van der Waals surface area contributed by atoms with Gasteiger partial charge in [-0.2, -0.15) is 0 Å². The summed E-state index contributed by atoms with van der Waals surface area (Å²) in [6.45, 7) is 12.6. The van der Waals surface area contributed by atoms with Gasteiger partial charge in [-0.15, -0.1) is 0 Å². The maximum atomic E-state index is 10.9. The van der Waals surface area contributed by atoms with Crippen LogP contribution in [0.4, 0.5) is 0 Å². The molecular formula is C32H45N5O2. The van der Waals surface area contributed by atoms with Crippen LogP contribution in [0.3, 0.4) is 0 Å². The number of hydrogen-bond donors (Lipinski definition) is 4. The fourth-order valence-electron chi connectivity index (χ4n) is 5.64. The van der Waals surface area contributed by atoms with Gasteiger partial charge in [0, 0.05) is 81.2 Å². The fourth-order valence-corrected chi connectivity index (χ4v) is 5.64. The Labute approximate surface area is 233 Å². The third-order valence-corrected chi connectivity index (χ3v) is 7.71. The number of phenols is 2. The highest BCUT2D eigenvalue weighted by Gasteiger charge is 2.19. The molecule has 0 radical (unpaired) electrons. The number of phenolic OH excluding ortho intramolecular Hbond substituents is 2. The number of aryl methyl sites for hydroxylation is 2. The van der Waals surface area contributed by atoms with E-state index in [0.717, 1.165) is 85.6 Å². The van der Waals surface area contributed by atoms with Gasteiger partial charge in [-0.05, 0) is 38.9 Å². The molecule has 3 aromatic carbocycles. The Kier molecular flexibility index (Phi) is 10.4. The van der Waals surface area contributed by atoms with Crippen LogP contribution in [-0.4, -0.2) is 64.2 Å². The van der Waals surface area contributed by atoms with Gasteiger partial charge in [-0.25, -0.2) is 0 Å². The van der Waals surface area contributed by atoms with Gasteiger partial charge >= 0.3 is 0 Å². The van der Waals surface area contributed by atoms with Crippen LogP contribution in [0.15, 0.2) is 54.6 Å². The summed E-state index contributed by atoms with van der Waals surface area (Å²) < 4.78 is 0. The average Bonchev–Trinajstić information content (AvgIpc) is 2.93. The molecule has 0 spiro atoms. The Hall–Kier alpha value is -2.94. The molecule has 0 unspecified atom stereocenters. The molecule has 210 valence electrons. The zero-order valence-corrected chi connectivity index (χ0v) is 23.6. The summed E-state index contributed by atoms with van der Waals surface area (Å²) in [5.74, 6) is 0.655. The van der Waals surface area contributed by atoms with Gasteiger partial charge in [-0.3, -0.25) is 14.7 Å². The molecule has 0 atom stereocenters. The quantitative estimate of drug-likeness (QED) is 0.350. The van der Waals surface area contributed by atoms with Crippen molar-refractivity contribution in [3.05, 3.63) is 93.5 Å². The molecule has 7 heteroatoms. The summed E-state index contributed by atoms with van der Waals surface area (Å²) in [5, 5.41) is 21.7. The summed E-state index contributed by atoms with van der Waals surface area (Å²) in [7, 11) is 0. The summed E-state index contributed by atoms with van der Waals surface area (Å²) in [6, 6.07) is 18.7. The summed E-state index contributed by atoms with van der Waals surface area (Å²) in [6.07, 6.45) is 1.01. The first-order chi connectivity index (χ1) is 18.9. The van der Waals surface area contributed by atoms with Crippen LogP contribution in [0, 0.1) is 13.8 Å². The van der Waals surface area contributed by atoms with Crippen molar-refractivity contribution in [3.63, 3.8) is 0 Å². The molecule has 1 aliphatic heterocycles. The molecule has 39 heavy (non-hydrogen) atoms. The molecular weight excluding hydrogens is 486 g/mol. The van der Waals surface area contributed by atoms with Crippen LogP contribution in [-0.2, 0) is 32.7 Å². The van der Waals surface area contributed by atoms with E-state index in [2.05, 4.69) is 71.0 Å². The van der Waals surface area contributed by atoms with Crippen LogP contribution in [0.25, 0.3) is 0 Å². The first-order valence-electron chi connectivity index (χ1n) is 14.1. The second-order valence-electron chi connectivity index (χ2n) is 10.9. The molecule has 0 aliphatic carbocycles. The Bertz CT molecular complexity index is 1140. The van der Waals surface area contributed by atoms with Crippen molar-refractivity contribution >= 4 is 0 Å². The lowest BCUT2D eigenvalue weighted by Gasteiger charge is -2.33. The summed E-state index contributed by atoms with van der Waals surface area (Å²) in [5.41, 5.74) is 18.8. The van der Waals surface area contributed by atoms with Crippen LogP contribution in [0.2, 0.25) is 0 Å². The zero-order chi connectivity index (χ0) is 27.8. The highest BCUT2D eigenvalue weighted by atomic mass is 16.3. The van der Waals surface area contributed by atoms with E-state index in [0.29, 0.717) is 37.7 Å². The van der Waals surface area contributed by atoms with Crippen molar-refractivity contribution in [1.82, 2.24) is 14.7 Å². The highest BCUT2D eigenvalue weighted by Crippen LogP contribution is 2.27. The molecule has 3 aromatic rings. The SMILES string of the molecule is Cc1cc(CN)c(O)c(CN2CCCN(Cc3cc(C)cc(CN)c3O)CCN(Cc3ccccc3)CC2)c1. The lowest BCUT2D eigenvalue weighted by molar-refractivity contribution is 0.138. The van der Waals surface area contributed by atoms with E-state index in [9.17, 15) is 10.2 Å². The molecule has 1 saturated heterocycles. The van der Waals surface area contributed by atoms with Crippen molar-refractivity contribution in [1.29, 1.82) is 0 Å². The zero-order valence-electron chi connectivity index (χ0n) is 23.6. The van der Waals surface area contributed by atoms with Crippen molar-refractivity contribution < 1.29 is 10.2 Å². The predicted molar refractivity (Wildman–Crippen MR) is 158 cm³/mol. The number of hydrogen-bond acceptors (Lipinski definition) is 7. The van der Waals surface area contributed by atoms with E-state index in [1.165, 1.54) is 5.56 Å². The second-order valence-corrected chi connectivity index (χ2v) is 10.9. The number of benzene rings is 3. The van der Waals surface area contributed by atoms with E-state index in [1.54, 1.807) is 0 Å². The summed E-state index contributed by atoms with van der Waals surface area (Å²) >= 11 is 0. The number of aromatic hydroxyl groups is 2. The molecule has 0 bridgehead atoms. The van der Waals surface area contributed by atoms with Crippen LogP contribution in [0.5, 0.6) is 11.5 Å². The Morgan fingerprint density at radius 2 is 1.00 bits per heavy atom. The molecule has 1 aliphatic rings. The maximum Gasteiger partial charge on any atom is 0.124 e. The molecule has 1 heterocycles. The molecule has 6 N–H and O–H groups in total. The van der Waals surface area contributed by atoms with Gasteiger partial charge in [0.1, 0.15) is 11.5 Å². The molecule has 0 saturated carbocycles. The van der Waals surface area contributed by atoms with Crippen LogP contribution >= 0.6 is 0 Å². The first kappa shape index (κ1) is 29.1. The minimum Gasteiger partial charge on any atom is -0.507 e. The van der Waals surface area contributed by atoms with Crippen molar-refractivity contribution in [3.8, 4) is 11.5 Å². The maximum absolute atomic E-state index is 10.9. The smallest absolute Gasteiger partial charge is 0.124 e. The number of nitrogens with two attached hydrogens (primary N) is 2. The van der Waals surface area contributed by atoms with E-state index in [4.69, 9.17) is 11.5 Å².